The Labute approximate surface area is 120 Å². The van der Waals surface area contributed by atoms with Crippen LogP contribution in [-0.2, 0) is 0 Å². The minimum Gasteiger partial charge on any atom is -0.373 e. The molecule has 18 heavy (non-hydrogen) atoms. The molecule has 0 saturated heterocycles. The zero-order valence-corrected chi connectivity index (χ0v) is 11.9. The van der Waals surface area contributed by atoms with E-state index in [-0.39, 0.29) is 0 Å². The van der Waals surface area contributed by atoms with Gasteiger partial charge in [0.1, 0.15) is 0 Å². The summed E-state index contributed by atoms with van der Waals surface area (Å²) in [5.41, 5.74) is 1.97. The van der Waals surface area contributed by atoms with Crippen LogP contribution in [0.2, 0.25) is 5.02 Å². The van der Waals surface area contributed by atoms with Crippen molar-refractivity contribution in [3.63, 3.8) is 0 Å². The summed E-state index contributed by atoms with van der Waals surface area (Å²) in [5, 5.41) is 3.92. The normalized spacial score (nSPS) is 9.44. The van der Waals surface area contributed by atoms with Gasteiger partial charge in [0.25, 0.3) is 0 Å². The molecular formula is C15H11BrClN. The van der Waals surface area contributed by atoms with Gasteiger partial charge in [-0.3, -0.25) is 0 Å². The summed E-state index contributed by atoms with van der Waals surface area (Å²) in [4.78, 5) is 0. The van der Waals surface area contributed by atoms with Crippen molar-refractivity contribution in [1.29, 1.82) is 0 Å². The van der Waals surface area contributed by atoms with Crippen molar-refractivity contribution in [3.05, 3.63) is 63.6 Å². The fourth-order valence-corrected chi connectivity index (χ4v) is 2.00. The molecule has 0 unspecified atom stereocenters. The zero-order valence-electron chi connectivity index (χ0n) is 9.58. The lowest BCUT2D eigenvalue weighted by atomic mass is 10.2. The summed E-state index contributed by atoms with van der Waals surface area (Å²) in [6.07, 6.45) is 0. The van der Waals surface area contributed by atoms with Crippen LogP contribution in [0.5, 0.6) is 0 Å². The van der Waals surface area contributed by atoms with E-state index in [1.807, 2.05) is 48.5 Å². The highest BCUT2D eigenvalue weighted by Crippen LogP contribution is 2.25. The van der Waals surface area contributed by atoms with E-state index in [1.54, 1.807) is 0 Å². The van der Waals surface area contributed by atoms with Gasteiger partial charge in [0.2, 0.25) is 0 Å². The highest BCUT2D eigenvalue weighted by Gasteiger charge is 1.98. The zero-order chi connectivity index (χ0) is 12.8. The topological polar surface area (TPSA) is 12.0 Å². The van der Waals surface area contributed by atoms with Crippen molar-refractivity contribution in [1.82, 2.24) is 0 Å². The molecule has 0 radical (unpaired) electrons. The molecule has 1 N–H and O–H groups in total. The Morgan fingerprint density at radius 3 is 2.67 bits per heavy atom. The van der Waals surface area contributed by atoms with E-state index >= 15 is 0 Å². The van der Waals surface area contributed by atoms with Crippen molar-refractivity contribution in [2.45, 2.75) is 0 Å². The highest BCUT2D eigenvalue weighted by atomic mass is 79.9. The molecule has 0 atom stereocenters. The van der Waals surface area contributed by atoms with E-state index in [0.29, 0.717) is 11.6 Å². The van der Waals surface area contributed by atoms with Gasteiger partial charge in [-0.05, 0) is 46.3 Å². The van der Waals surface area contributed by atoms with Crippen LogP contribution < -0.4 is 5.32 Å². The summed E-state index contributed by atoms with van der Waals surface area (Å²) in [6, 6.07) is 15.5. The summed E-state index contributed by atoms with van der Waals surface area (Å²) in [5.74, 6) is 6.16. The maximum Gasteiger partial charge on any atom is 0.0770 e. The molecule has 0 bridgehead atoms. The average molecular weight is 321 g/mol. The summed E-state index contributed by atoms with van der Waals surface area (Å²) in [7, 11) is 0. The van der Waals surface area contributed by atoms with E-state index in [1.165, 1.54) is 0 Å². The standard InChI is InChI=1S/C15H11BrClN/c16-14-9-8-13(17)11-15(14)18-10-4-7-12-5-2-1-3-6-12/h1-3,5-6,8-9,11,18H,10H2. The number of nitrogens with one attached hydrogen (secondary N) is 1. The minimum absolute atomic E-state index is 0.577. The average Bonchev–Trinajstić information content (AvgIpc) is 2.40. The molecule has 0 spiro atoms. The number of hydrogen-bond acceptors (Lipinski definition) is 1. The molecule has 0 aliphatic rings. The first-order chi connectivity index (χ1) is 8.75. The Kier molecular flexibility index (Phi) is 4.69. The number of anilines is 1. The molecule has 2 aromatic carbocycles. The predicted molar refractivity (Wildman–Crippen MR) is 81.0 cm³/mol. The number of rotatable bonds is 2. The third-order valence-corrected chi connectivity index (χ3v) is 3.23. The second-order valence-electron chi connectivity index (χ2n) is 3.65. The quantitative estimate of drug-likeness (QED) is 0.800. The van der Waals surface area contributed by atoms with Gasteiger partial charge in [-0.1, -0.05) is 41.6 Å². The molecule has 3 heteroatoms. The largest absolute Gasteiger partial charge is 0.373 e. The molecule has 90 valence electrons. The van der Waals surface area contributed by atoms with Gasteiger partial charge >= 0.3 is 0 Å². The van der Waals surface area contributed by atoms with Crippen LogP contribution in [0.25, 0.3) is 0 Å². The maximum absolute atomic E-state index is 5.93. The predicted octanol–water partition coefficient (Wildman–Crippen LogP) is 4.57. The fourth-order valence-electron chi connectivity index (χ4n) is 1.44. The van der Waals surface area contributed by atoms with E-state index in [4.69, 9.17) is 11.6 Å². The third kappa shape index (κ3) is 3.80. The lowest BCUT2D eigenvalue weighted by Gasteiger charge is -2.05. The molecule has 2 rings (SSSR count). The van der Waals surface area contributed by atoms with Crippen molar-refractivity contribution < 1.29 is 0 Å². The molecule has 0 fully saturated rings. The monoisotopic (exact) mass is 319 g/mol. The molecule has 0 saturated carbocycles. The van der Waals surface area contributed by atoms with Gasteiger partial charge in [-0.25, -0.2) is 0 Å². The smallest absolute Gasteiger partial charge is 0.0770 e. The highest BCUT2D eigenvalue weighted by molar-refractivity contribution is 9.10. The molecule has 0 aromatic heterocycles. The van der Waals surface area contributed by atoms with Gasteiger partial charge in [-0.2, -0.15) is 0 Å². The van der Waals surface area contributed by atoms with Crippen molar-refractivity contribution in [2.75, 3.05) is 11.9 Å². The van der Waals surface area contributed by atoms with Crippen LogP contribution in [0.4, 0.5) is 5.69 Å². The van der Waals surface area contributed by atoms with E-state index in [0.717, 1.165) is 15.7 Å². The SMILES string of the molecule is Clc1ccc(Br)c(NCC#Cc2ccccc2)c1. The van der Waals surface area contributed by atoms with E-state index < -0.39 is 0 Å². The molecule has 0 heterocycles. The van der Waals surface area contributed by atoms with Crippen molar-refractivity contribution in [3.8, 4) is 11.8 Å². The molecule has 0 aliphatic heterocycles. The van der Waals surface area contributed by atoms with Crippen LogP contribution >= 0.6 is 27.5 Å². The Morgan fingerprint density at radius 2 is 1.89 bits per heavy atom. The minimum atomic E-state index is 0.577. The second kappa shape index (κ2) is 6.49. The first-order valence-electron chi connectivity index (χ1n) is 5.48. The first kappa shape index (κ1) is 13.0. The number of benzene rings is 2. The molecule has 0 amide bonds. The van der Waals surface area contributed by atoms with Crippen LogP contribution in [0, 0.1) is 11.8 Å². The Balaban J connectivity index is 1.97. The maximum atomic E-state index is 5.93. The van der Waals surface area contributed by atoms with Gasteiger partial charge < -0.3 is 5.32 Å². The number of hydrogen-bond donors (Lipinski definition) is 1. The Morgan fingerprint density at radius 1 is 1.11 bits per heavy atom. The summed E-state index contributed by atoms with van der Waals surface area (Å²) in [6.45, 7) is 0.577. The summed E-state index contributed by atoms with van der Waals surface area (Å²) < 4.78 is 0.980. The van der Waals surface area contributed by atoms with Crippen LogP contribution in [0.1, 0.15) is 5.56 Å². The van der Waals surface area contributed by atoms with Crippen LogP contribution in [0.15, 0.2) is 53.0 Å². The van der Waals surface area contributed by atoms with E-state index in [9.17, 15) is 0 Å². The third-order valence-electron chi connectivity index (χ3n) is 2.30. The van der Waals surface area contributed by atoms with E-state index in [2.05, 4.69) is 33.1 Å². The van der Waals surface area contributed by atoms with Gasteiger partial charge in [0, 0.05) is 15.1 Å². The van der Waals surface area contributed by atoms with Crippen LogP contribution in [0.3, 0.4) is 0 Å². The van der Waals surface area contributed by atoms with Gasteiger partial charge in [0.15, 0.2) is 0 Å². The Hall–Kier alpha value is -1.43. The van der Waals surface area contributed by atoms with Crippen LogP contribution in [-0.4, -0.2) is 6.54 Å². The first-order valence-corrected chi connectivity index (χ1v) is 6.65. The molecule has 2 aromatic rings. The Bertz CT molecular complexity index is 584. The molecule has 1 nitrogen and oxygen atoms in total. The molecule has 0 aliphatic carbocycles. The lowest BCUT2D eigenvalue weighted by molar-refractivity contribution is 1.37. The van der Waals surface area contributed by atoms with Crippen molar-refractivity contribution in [2.24, 2.45) is 0 Å². The second-order valence-corrected chi connectivity index (χ2v) is 4.94. The van der Waals surface area contributed by atoms with Crippen molar-refractivity contribution >= 4 is 33.2 Å². The lowest BCUT2D eigenvalue weighted by Crippen LogP contribution is -1.99. The fraction of sp³-hybridized carbons (Fsp3) is 0.0667. The van der Waals surface area contributed by atoms with Gasteiger partial charge in [0.05, 0.1) is 12.2 Å². The molecular weight excluding hydrogens is 310 g/mol. The van der Waals surface area contributed by atoms with Gasteiger partial charge in [-0.15, -0.1) is 0 Å². The summed E-state index contributed by atoms with van der Waals surface area (Å²) >= 11 is 9.39. The number of halogens is 2.